The molecule has 0 bridgehead atoms. The first-order valence-corrected chi connectivity index (χ1v) is 6.26. The molecule has 0 saturated heterocycles. The predicted molar refractivity (Wildman–Crippen MR) is 76.2 cm³/mol. The Morgan fingerprint density at radius 2 is 1.85 bits per heavy atom. The number of rotatable bonds is 6. The van der Waals surface area contributed by atoms with E-state index in [9.17, 15) is 8.78 Å². The lowest BCUT2D eigenvalue weighted by atomic mass is 10.1. The van der Waals surface area contributed by atoms with Crippen LogP contribution in [0.3, 0.4) is 0 Å². The third-order valence-electron chi connectivity index (χ3n) is 2.74. The normalized spacial score (nSPS) is 10.6. The number of nitrogens with one attached hydrogen (secondary N) is 1. The lowest BCUT2D eigenvalue weighted by molar-refractivity contribution is 0.152. The number of hydrogen-bond donors (Lipinski definition) is 2. The number of hydrogen-bond acceptors (Lipinski definition) is 3. The van der Waals surface area contributed by atoms with Crippen LogP contribution in [0.25, 0.3) is 0 Å². The Kier molecular flexibility index (Phi) is 4.76. The molecular weight excluding hydrogens is 262 g/mol. The van der Waals surface area contributed by atoms with Crippen LogP contribution in [0, 0.1) is 0 Å². The summed E-state index contributed by atoms with van der Waals surface area (Å²) in [5.41, 5.74) is 6.12. The zero-order valence-electron chi connectivity index (χ0n) is 10.9. The van der Waals surface area contributed by atoms with Gasteiger partial charge < -0.3 is 15.8 Å². The summed E-state index contributed by atoms with van der Waals surface area (Å²) in [5, 5.41) is 2.93. The van der Waals surface area contributed by atoms with Crippen LogP contribution < -0.4 is 15.8 Å². The van der Waals surface area contributed by atoms with Gasteiger partial charge in [-0.05, 0) is 30.3 Å². The average molecular weight is 278 g/mol. The molecule has 20 heavy (non-hydrogen) atoms. The van der Waals surface area contributed by atoms with Crippen molar-refractivity contribution in [3.63, 3.8) is 0 Å². The Labute approximate surface area is 116 Å². The smallest absolute Gasteiger partial charge is 0.265 e. The molecule has 0 aliphatic carbocycles. The van der Waals surface area contributed by atoms with E-state index in [1.807, 2.05) is 30.3 Å². The van der Waals surface area contributed by atoms with Crippen LogP contribution in [-0.4, -0.2) is 13.2 Å². The van der Waals surface area contributed by atoms with Crippen molar-refractivity contribution in [3.8, 4) is 5.75 Å². The molecule has 0 unspecified atom stereocenters. The van der Waals surface area contributed by atoms with Crippen LogP contribution in [0.1, 0.15) is 12.0 Å². The van der Waals surface area contributed by atoms with E-state index in [2.05, 4.69) is 5.32 Å². The summed E-state index contributed by atoms with van der Waals surface area (Å²) in [4.78, 5) is 0. The van der Waals surface area contributed by atoms with Crippen LogP contribution in [0.2, 0.25) is 0 Å². The Morgan fingerprint density at radius 3 is 2.55 bits per heavy atom. The summed E-state index contributed by atoms with van der Waals surface area (Å²) in [7, 11) is 0. The number of benzene rings is 2. The highest BCUT2D eigenvalue weighted by Gasteiger charge is 2.12. The quantitative estimate of drug-likeness (QED) is 0.625. The van der Waals surface area contributed by atoms with Crippen molar-refractivity contribution in [1.82, 2.24) is 0 Å². The number of ether oxygens (including phenoxy) is 1. The second-order valence-corrected chi connectivity index (χ2v) is 4.24. The third kappa shape index (κ3) is 3.85. The Balaban J connectivity index is 1.88. The zero-order valence-corrected chi connectivity index (χ0v) is 10.9. The SMILES string of the molecule is Nc1ccc(NCCOc2ccccc2)c(C(F)F)c1. The molecule has 3 N–H and O–H groups in total. The molecule has 106 valence electrons. The lowest BCUT2D eigenvalue weighted by Crippen LogP contribution is -2.12. The topological polar surface area (TPSA) is 47.3 Å². The summed E-state index contributed by atoms with van der Waals surface area (Å²) in [6.45, 7) is 0.815. The average Bonchev–Trinajstić information content (AvgIpc) is 2.45. The monoisotopic (exact) mass is 278 g/mol. The van der Waals surface area contributed by atoms with Crippen LogP contribution in [0.5, 0.6) is 5.75 Å². The number of anilines is 2. The maximum atomic E-state index is 12.9. The molecule has 0 saturated carbocycles. The summed E-state index contributed by atoms with van der Waals surface area (Å²) < 4.78 is 31.2. The van der Waals surface area contributed by atoms with Gasteiger partial charge in [-0.3, -0.25) is 0 Å². The van der Waals surface area contributed by atoms with Gasteiger partial charge in [0.05, 0.1) is 0 Å². The van der Waals surface area contributed by atoms with E-state index >= 15 is 0 Å². The van der Waals surface area contributed by atoms with Gasteiger partial charge in [0.2, 0.25) is 0 Å². The minimum atomic E-state index is -2.56. The van der Waals surface area contributed by atoms with Gasteiger partial charge in [0.25, 0.3) is 6.43 Å². The molecular formula is C15H16F2N2O. The highest BCUT2D eigenvalue weighted by molar-refractivity contribution is 5.58. The maximum absolute atomic E-state index is 12.9. The second kappa shape index (κ2) is 6.75. The highest BCUT2D eigenvalue weighted by atomic mass is 19.3. The van der Waals surface area contributed by atoms with E-state index in [-0.39, 0.29) is 5.56 Å². The van der Waals surface area contributed by atoms with E-state index in [0.29, 0.717) is 24.5 Å². The van der Waals surface area contributed by atoms with Crippen LogP contribution in [0.4, 0.5) is 20.2 Å². The van der Waals surface area contributed by atoms with Crippen molar-refractivity contribution in [2.45, 2.75) is 6.43 Å². The standard InChI is InChI=1S/C15H16F2N2O/c16-15(17)13-10-11(18)6-7-14(13)19-8-9-20-12-4-2-1-3-5-12/h1-7,10,15,19H,8-9,18H2. The Morgan fingerprint density at radius 1 is 1.10 bits per heavy atom. The van der Waals surface area contributed by atoms with E-state index in [0.717, 1.165) is 5.75 Å². The molecule has 0 fully saturated rings. The lowest BCUT2D eigenvalue weighted by Gasteiger charge is -2.13. The second-order valence-electron chi connectivity index (χ2n) is 4.24. The number of nitrogen functional groups attached to an aromatic ring is 1. The molecule has 2 rings (SSSR count). The largest absolute Gasteiger partial charge is 0.492 e. The van der Waals surface area contributed by atoms with Gasteiger partial charge in [0.15, 0.2) is 0 Å². The summed E-state index contributed by atoms with van der Waals surface area (Å²) in [6.07, 6.45) is -2.56. The minimum Gasteiger partial charge on any atom is -0.492 e. The fourth-order valence-electron chi connectivity index (χ4n) is 1.79. The zero-order chi connectivity index (χ0) is 14.4. The van der Waals surface area contributed by atoms with E-state index in [1.165, 1.54) is 6.07 Å². The van der Waals surface area contributed by atoms with Gasteiger partial charge in [-0.1, -0.05) is 18.2 Å². The number of alkyl halides is 2. The van der Waals surface area contributed by atoms with E-state index in [4.69, 9.17) is 10.5 Å². The molecule has 0 heterocycles. The van der Waals surface area contributed by atoms with Gasteiger partial charge in [-0.2, -0.15) is 0 Å². The fraction of sp³-hybridized carbons (Fsp3) is 0.200. The van der Waals surface area contributed by atoms with Gasteiger partial charge in [-0.15, -0.1) is 0 Å². The molecule has 0 aliphatic rings. The van der Waals surface area contributed by atoms with E-state index < -0.39 is 6.43 Å². The molecule has 0 atom stereocenters. The van der Waals surface area contributed by atoms with Gasteiger partial charge >= 0.3 is 0 Å². The molecule has 3 nitrogen and oxygen atoms in total. The van der Waals surface area contributed by atoms with Crippen LogP contribution in [0.15, 0.2) is 48.5 Å². The molecule has 2 aromatic rings. The molecule has 0 spiro atoms. The van der Waals surface area contributed by atoms with Crippen LogP contribution in [-0.2, 0) is 0 Å². The Hall–Kier alpha value is -2.30. The predicted octanol–water partition coefficient (Wildman–Crippen LogP) is 3.70. The highest BCUT2D eigenvalue weighted by Crippen LogP contribution is 2.28. The Bertz CT molecular complexity index is 547. The fourth-order valence-corrected chi connectivity index (χ4v) is 1.79. The van der Waals surface area contributed by atoms with Gasteiger partial charge in [0.1, 0.15) is 12.4 Å². The molecule has 0 amide bonds. The van der Waals surface area contributed by atoms with Crippen molar-refractivity contribution in [2.75, 3.05) is 24.2 Å². The molecule has 0 radical (unpaired) electrons. The third-order valence-corrected chi connectivity index (χ3v) is 2.74. The summed E-state index contributed by atoms with van der Waals surface area (Å²) in [6, 6.07) is 13.8. The van der Waals surface area contributed by atoms with Crippen LogP contribution >= 0.6 is 0 Å². The van der Waals surface area contributed by atoms with Crippen molar-refractivity contribution < 1.29 is 13.5 Å². The first kappa shape index (κ1) is 14.1. The first-order chi connectivity index (χ1) is 9.66. The van der Waals surface area contributed by atoms with Gasteiger partial charge in [0, 0.05) is 23.5 Å². The van der Waals surface area contributed by atoms with Crippen molar-refractivity contribution in [3.05, 3.63) is 54.1 Å². The first-order valence-electron chi connectivity index (χ1n) is 6.26. The van der Waals surface area contributed by atoms with Crippen molar-refractivity contribution in [1.29, 1.82) is 0 Å². The van der Waals surface area contributed by atoms with Gasteiger partial charge in [-0.25, -0.2) is 8.78 Å². The maximum Gasteiger partial charge on any atom is 0.265 e. The molecule has 5 heteroatoms. The molecule has 0 aromatic heterocycles. The number of nitrogens with two attached hydrogens (primary N) is 1. The van der Waals surface area contributed by atoms with Crippen molar-refractivity contribution in [2.24, 2.45) is 0 Å². The van der Waals surface area contributed by atoms with E-state index in [1.54, 1.807) is 12.1 Å². The molecule has 0 aliphatic heterocycles. The minimum absolute atomic E-state index is 0.0929. The number of para-hydroxylation sites is 1. The molecule has 2 aromatic carbocycles. The summed E-state index contributed by atoms with van der Waals surface area (Å²) in [5.74, 6) is 0.751. The number of halogens is 2. The summed E-state index contributed by atoms with van der Waals surface area (Å²) >= 11 is 0. The van der Waals surface area contributed by atoms with Crippen molar-refractivity contribution >= 4 is 11.4 Å².